The number of aromatic nitrogens is 2. The van der Waals surface area contributed by atoms with Crippen molar-refractivity contribution in [2.45, 2.75) is 58.4 Å². The molecule has 19 heavy (non-hydrogen) atoms. The van der Waals surface area contributed by atoms with Gasteiger partial charge in [-0.15, -0.1) is 0 Å². The van der Waals surface area contributed by atoms with E-state index in [1.165, 1.54) is 32.1 Å². The Morgan fingerprint density at radius 3 is 2.74 bits per heavy atom. The molecule has 0 atom stereocenters. The second kappa shape index (κ2) is 5.87. The van der Waals surface area contributed by atoms with Gasteiger partial charge in [0.1, 0.15) is 5.78 Å². The van der Waals surface area contributed by atoms with Gasteiger partial charge in [-0.1, -0.05) is 33.1 Å². The minimum atomic E-state index is -0.450. The van der Waals surface area contributed by atoms with Crippen LogP contribution in [0.25, 0.3) is 0 Å². The van der Waals surface area contributed by atoms with E-state index in [2.05, 4.69) is 9.78 Å². The van der Waals surface area contributed by atoms with Crippen molar-refractivity contribution < 1.29 is 4.79 Å². The first-order valence-corrected chi connectivity index (χ1v) is 7.30. The topological polar surface area (TPSA) is 60.9 Å². The van der Waals surface area contributed by atoms with Gasteiger partial charge in [0.2, 0.25) is 0 Å². The molecule has 0 unspecified atom stereocenters. The first-order valence-electron chi connectivity index (χ1n) is 7.30. The maximum atomic E-state index is 12.1. The van der Waals surface area contributed by atoms with Gasteiger partial charge in [0.15, 0.2) is 0 Å². The van der Waals surface area contributed by atoms with Crippen LogP contribution < -0.4 is 5.73 Å². The number of hydrogen-bond acceptors (Lipinski definition) is 3. The van der Waals surface area contributed by atoms with Gasteiger partial charge in [0.05, 0.1) is 18.2 Å². The van der Waals surface area contributed by atoms with Crippen molar-refractivity contribution in [2.24, 2.45) is 11.1 Å². The highest BCUT2D eigenvalue weighted by atomic mass is 16.1. The van der Waals surface area contributed by atoms with Crippen molar-refractivity contribution in [2.75, 3.05) is 6.54 Å². The summed E-state index contributed by atoms with van der Waals surface area (Å²) in [7, 11) is 0. The Kier molecular flexibility index (Phi) is 4.40. The molecule has 4 heteroatoms. The fourth-order valence-electron chi connectivity index (χ4n) is 2.54. The van der Waals surface area contributed by atoms with Gasteiger partial charge in [-0.2, -0.15) is 5.10 Å². The lowest BCUT2D eigenvalue weighted by Gasteiger charge is -2.22. The number of carbonyl (C=O) groups is 1. The molecule has 0 amide bonds. The molecule has 4 nitrogen and oxygen atoms in total. The van der Waals surface area contributed by atoms with Crippen molar-refractivity contribution in [1.82, 2.24) is 9.78 Å². The minimum absolute atomic E-state index is 0.170. The predicted octanol–water partition coefficient (Wildman–Crippen LogP) is 2.48. The zero-order chi connectivity index (χ0) is 13.9. The summed E-state index contributed by atoms with van der Waals surface area (Å²) in [5.41, 5.74) is 6.06. The summed E-state index contributed by atoms with van der Waals surface area (Å²) >= 11 is 0. The van der Waals surface area contributed by atoms with Crippen molar-refractivity contribution >= 4 is 5.78 Å². The van der Waals surface area contributed by atoms with Crippen LogP contribution in [0, 0.1) is 5.41 Å². The molecule has 1 fully saturated rings. The molecule has 0 aliphatic heterocycles. The standard InChI is InChI=1S/C15H25N3O/c1-15(2,11-16)14(19)10-12-8-9-18(17-12)13-6-4-3-5-7-13/h8-9,13H,3-7,10-11,16H2,1-2H3. The lowest BCUT2D eigenvalue weighted by molar-refractivity contribution is -0.126. The molecule has 1 aliphatic carbocycles. The van der Waals surface area contributed by atoms with Crippen LogP contribution in [0.1, 0.15) is 57.7 Å². The predicted molar refractivity (Wildman–Crippen MR) is 75.9 cm³/mol. The van der Waals surface area contributed by atoms with E-state index >= 15 is 0 Å². The summed E-state index contributed by atoms with van der Waals surface area (Å²) in [6.07, 6.45) is 8.76. The third-order valence-electron chi connectivity index (χ3n) is 4.22. The number of rotatable bonds is 5. The van der Waals surface area contributed by atoms with E-state index < -0.39 is 5.41 Å². The molecule has 0 aromatic carbocycles. The Morgan fingerprint density at radius 1 is 1.42 bits per heavy atom. The summed E-state index contributed by atoms with van der Waals surface area (Å²) in [4.78, 5) is 12.1. The third kappa shape index (κ3) is 3.44. The monoisotopic (exact) mass is 263 g/mol. The van der Waals surface area contributed by atoms with Crippen LogP contribution in [0.15, 0.2) is 12.3 Å². The van der Waals surface area contributed by atoms with Crippen molar-refractivity contribution in [1.29, 1.82) is 0 Å². The van der Waals surface area contributed by atoms with Gasteiger partial charge in [-0.05, 0) is 18.9 Å². The summed E-state index contributed by atoms with van der Waals surface area (Å²) in [5, 5.41) is 4.58. The third-order valence-corrected chi connectivity index (χ3v) is 4.22. The molecule has 2 rings (SSSR count). The highest BCUT2D eigenvalue weighted by Gasteiger charge is 2.26. The molecule has 1 aromatic rings. The molecule has 0 saturated heterocycles. The minimum Gasteiger partial charge on any atom is -0.329 e. The smallest absolute Gasteiger partial charge is 0.145 e. The molecule has 0 bridgehead atoms. The van der Waals surface area contributed by atoms with E-state index in [-0.39, 0.29) is 5.78 Å². The SMILES string of the molecule is CC(C)(CN)C(=O)Cc1ccn(C2CCCCC2)n1. The maximum Gasteiger partial charge on any atom is 0.145 e. The van der Waals surface area contributed by atoms with Crippen LogP contribution in [0.3, 0.4) is 0 Å². The highest BCUT2D eigenvalue weighted by Crippen LogP contribution is 2.27. The number of nitrogens with two attached hydrogens (primary N) is 1. The van der Waals surface area contributed by atoms with Gasteiger partial charge in [-0.25, -0.2) is 0 Å². The second-order valence-corrected chi connectivity index (χ2v) is 6.27. The van der Waals surface area contributed by atoms with E-state index in [9.17, 15) is 4.79 Å². The largest absolute Gasteiger partial charge is 0.329 e. The van der Waals surface area contributed by atoms with Crippen molar-refractivity contribution in [3.8, 4) is 0 Å². The van der Waals surface area contributed by atoms with Crippen molar-refractivity contribution in [3.05, 3.63) is 18.0 Å². The molecule has 1 heterocycles. The number of ketones is 1. The molecule has 106 valence electrons. The zero-order valence-electron chi connectivity index (χ0n) is 12.1. The van der Waals surface area contributed by atoms with Gasteiger partial charge in [0, 0.05) is 18.2 Å². The molecule has 2 N–H and O–H groups in total. The van der Waals surface area contributed by atoms with Gasteiger partial charge in [-0.3, -0.25) is 9.48 Å². The summed E-state index contributed by atoms with van der Waals surface area (Å²) in [6.45, 7) is 4.18. The summed E-state index contributed by atoms with van der Waals surface area (Å²) in [6, 6.07) is 2.50. The first-order chi connectivity index (χ1) is 9.03. The first kappa shape index (κ1) is 14.3. The summed E-state index contributed by atoms with van der Waals surface area (Å²) in [5.74, 6) is 0.170. The van der Waals surface area contributed by atoms with Crippen LogP contribution in [-0.4, -0.2) is 22.1 Å². The summed E-state index contributed by atoms with van der Waals surface area (Å²) < 4.78 is 2.05. The van der Waals surface area contributed by atoms with E-state index in [0.29, 0.717) is 19.0 Å². The number of Topliss-reactive ketones (excluding diaryl/α,β-unsaturated/α-hetero) is 1. The van der Waals surface area contributed by atoms with E-state index in [0.717, 1.165) is 5.69 Å². The fourth-order valence-corrected chi connectivity index (χ4v) is 2.54. The van der Waals surface area contributed by atoms with Crippen molar-refractivity contribution in [3.63, 3.8) is 0 Å². The number of nitrogens with zero attached hydrogens (tertiary/aromatic N) is 2. The zero-order valence-corrected chi connectivity index (χ0v) is 12.1. The molecule has 0 spiro atoms. The lowest BCUT2D eigenvalue weighted by Crippen LogP contribution is -2.34. The Balaban J connectivity index is 1.99. The van der Waals surface area contributed by atoms with Crippen LogP contribution in [0.2, 0.25) is 0 Å². The average Bonchev–Trinajstić information content (AvgIpc) is 2.88. The number of carbonyl (C=O) groups excluding carboxylic acids is 1. The van der Waals surface area contributed by atoms with Crippen LogP contribution in [0.5, 0.6) is 0 Å². The molecular weight excluding hydrogens is 238 g/mol. The second-order valence-electron chi connectivity index (χ2n) is 6.27. The van der Waals surface area contributed by atoms with Crippen LogP contribution in [-0.2, 0) is 11.2 Å². The van der Waals surface area contributed by atoms with Gasteiger partial charge in [0.25, 0.3) is 0 Å². The molecule has 1 saturated carbocycles. The fraction of sp³-hybridized carbons (Fsp3) is 0.733. The Bertz CT molecular complexity index is 430. The van der Waals surface area contributed by atoms with Gasteiger partial charge < -0.3 is 5.73 Å². The van der Waals surface area contributed by atoms with Crippen LogP contribution >= 0.6 is 0 Å². The molecule has 1 aromatic heterocycles. The quantitative estimate of drug-likeness (QED) is 0.887. The molecule has 0 radical (unpaired) electrons. The maximum absolute atomic E-state index is 12.1. The highest BCUT2D eigenvalue weighted by molar-refractivity contribution is 5.85. The Labute approximate surface area is 115 Å². The van der Waals surface area contributed by atoms with E-state index in [1.807, 2.05) is 26.1 Å². The van der Waals surface area contributed by atoms with Crippen LogP contribution in [0.4, 0.5) is 0 Å². The Morgan fingerprint density at radius 2 is 2.11 bits per heavy atom. The van der Waals surface area contributed by atoms with Gasteiger partial charge >= 0.3 is 0 Å². The normalized spacial score (nSPS) is 17.6. The number of hydrogen-bond donors (Lipinski definition) is 1. The molecular formula is C15H25N3O. The average molecular weight is 263 g/mol. The lowest BCUT2D eigenvalue weighted by atomic mass is 9.86. The van der Waals surface area contributed by atoms with E-state index in [1.54, 1.807) is 0 Å². The molecule has 1 aliphatic rings. The Hall–Kier alpha value is -1.16. The van der Waals surface area contributed by atoms with E-state index in [4.69, 9.17) is 5.73 Å².